The number of aryl methyl sites for hydroxylation is 2. The first kappa shape index (κ1) is 28.0. The van der Waals surface area contributed by atoms with Crippen molar-refractivity contribution in [1.29, 1.82) is 0 Å². The van der Waals surface area contributed by atoms with Crippen LogP contribution in [0.25, 0.3) is 6.08 Å². The molecule has 198 valence electrons. The fourth-order valence-corrected chi connectivity index (χ4v) is 5.43. The number of para-hydroxylation sites is 1. The lowest BCUT2D eigenvalue weighted by atomic mass is 9.93. The number of thiophene rings is 1. The summed E-state index contributed by atoms with van der Waals surface area (Å²) in [5.41, 5.74) is 4.30. The van der Waals surface area contributed by atoms with Crippen molar-refractivity contribution < 1.29 is 23.6 Å². The molecule has 2 aromatic heterocycles. The smallest absolute Gasteiger partial charge is 0.407 e. The Morgan fingerprint density at radius 3 is 2.84 bits per heavy atom. The molecule has 0 saturated carbocycles. The molecule has 0 aliphatic heterocycles. The number of amides is 1. The Kier molecular flexibility index (Phi) is 10.8. The fraction of sp³-hybridized carbons (Fsp3) is 0.393. The molecule has 37 heavy (non-hydrogen) atoms. The van der Waals surface area contributed by atoms with Crippen LogP contribution < -0.4 is 15.4 Å². The molecule has 0 spiro atoms. The molecule has 0 bridgehead atoms. The Labute approximate surface area is 222 Å². The van der Waals surface area contributed by atoms with Gasteiger partial charge in [0.05, 0.1) is 18.2 Å². The van der Waals surface area contributed by atoms with E-state index in [4.69, 9.17) is 14.0 Å². The fourth-order valence-electron chi connectivity index (χ4n) is 4.16. The lowest BCUT2D eigenvalue weighted by Gasteiger charge is -2.22. The number of rotatable bonds is 10. The zero-order valence-electron chi connectivity index (χ0n) is 21.7. The first-order valence-electron chi connectivity index (χ1n) is 12.4. The average molecular weight is 526 g/mol. The van der Waals surface area contributed by atoms with Gasteiger partial charge in [0.2, 0.25) is 0 Å². The lowest BCUT2D eigenvalue weighted by Crippen LogP contribution is -2.31. The van der Waals surface area contributed by atoms with Crippen molar-refractivity contribution in [1.82, 2.24) is 10.5 Å². The molecule has 1 unspecified atom stereocenters. The number of aromatic nitrogens is 1. The van der Waals surface area contributed by atoms with Gasteiger partial charge in [-0.1, -0.05) is 36.0 Å². The highest BCUT2D eigenvalue weighted by Gasteiger charge is 2.26. The maximum atomic E-state index is 12.0. The van der Waals surface area contributed by atoms with Gasteiger partial charge in [0, 0.05) is 36.4 Å². The van der Waals surface area contributed by atoms with Gasteiger partial charge in [-0.3, -0.25) is 0 Å². The van der Waals surface area contributed by atoms with E-state index >= 15 is 0 Å². The van der Waals surface area contributed by atoms with Crippen LogP contribution in [-0.2, 0) is 35.3 Å². The third-order valence-corrected chi connectivity index (χ3v) is 7.15. The molecule has 2 heterocycles. The first-order valence-corrected chi connectivity index (χ1v) is 13.3. The number of hydrogen-bond donors (Lipinski definition) is 2. The number of nitrogens with one attached hydrogen (secondary N) is 2. The maximum absolute atomic E-state index is 12.0. The number of benzene rings is 1. The van der Waals surface area contributed by atoms with Gasteiger partial charge in [0.15, 0.2) is 0 Å². The van der Waals surface area contributed by atoms with E-state index < -0.39 is 6.09 Å². The Balaban J connectivity index is 0.000000248. The minimum atomic E-state index is -0.418. The van der Waals surface area contributed by atoms with Crippen molar-refractivity contribution in [2.24, 2.45) is 0 Å². The van der Waals surface area contributed by atoms with E-state index in [0.717, 1.165) is 54.0 Å². The summed E-state index contributed by atoms with van der Waals surface area (Å²) in [6, 6.07) is 9.62. The Morgan fingerprint density at radius 2 is 2.16 bits per heavy atom. The summed E-state index contributed by atoms with van der Waals surface area (Å²) in [6.07, 6.45) is 6.11. The number of ether oxygens (including phenoxy) is 2. The number of alkyl carbamates (subject to hydrolysis) is 1. The van der Waals surface area contributed by atoms with Gasteiger partial charge >= 0.3 is 6.09 Å². The number of carbonyl (C=O) groups is 2. The van der Waals surface area contributed by atoms with Crippen molar-refractivity contribution in [3.63, 3.8) is 0 Å². The van der Waals surface area contributed by atoms with Crippen LogP contribution in [0.15, 0.2) is 41.4 Å². The van der Waals surface area contributed by atoms with Crippen molar-refractivity contribution in [2.45, 2.75) is 58.6 Å². The molecule has 0 fully saturated rings. The monoisotopic (exact) mass is 525 g/mol. The molecule has 0 saturated heterocycles. The average Bonchev–Trinajstić information content (AvgIpc) is 3.49. The lowest BCUT2D eigenvalue weighted by molar-refractivity contribution is -0.107. The molecule has 1 aliphatic rings. The second-order valence-corrected chi connectivity index (χ2v) is 9.60. The molecule has 1 atom stereocenters. The van der Waals surface area contributed by atoms with Crippen LogP contribution in [0, 0.1) is 6.92 Å². The van der Waals surface area contributed by atoms with Crippen LogP contribution in [0.5, 0.6) is 5.75 Å². The topological polar surface area (TPSA) is 103 Å². The second-order valence-electron chi connectivity index (χ2n) is 8.50. The molecule has 3 aromatic rings. The van der Waals surface area contributed by atoms with Crippen LogP contribution in [0.3, 0.4) is 0 Å². The summed E-state index contributed by atoms with van der Waals surface area (Å²) >= 11 is 1.71. The number of anilines is 1. The van der Waals surface area contributed by atoms with Crippen LogP contribution in [0.4, 0.5) is 9.80 Å². The van der Waals surface area contributed by atoms with Gasteiger partial charge < -0.3 is 29.4 Å². The minimum absolute atomic E-state index is 0.0995. The molecule has 9 heteroatoms. The van der Waals surface area contributed by atoms with Crippen LogP contribution >= 0.6 is 11.3 Å². The molecule has 1 amide bonds. The summed E-state index contributed by atoms with van der Waals surface area (Å²) in [5, 5.41) is 10.9. The van der Waals surface area contributed by atoms with E-state index in [9.17, 15) is 9.59 Å². The zero-order chi connectivity index (χ0) is 26.6. The molecule has 2 N–H and O–H groups in total. The first-order chi connectivity index (χ1) is 18.0. The molecule has 0 radical (unpaired) electrons. The number of carbonyl (C=O) groups excluding carboxylic acids is 2. The largest absolute Gasteiger partial charge is 0.494 e. The summed E-state index contributed by atoms with van der Waals surface area (Å²) in [6.45, 7) is 8.63. The molecule has 4 rings (SSSR count). The molecule has 8 nitrogen and oxygen atoms in total. The number of nitrogens with zero attached hydrogens (tertiary/aromatic N) is 1. The molecule has 1 aromatic carbocycles. The van der Waals surface area contributed by atoms with Crippen molar-refractivity contribution >= 4 is 34.8 Å². The highest BCUT2D eigenvalue weighted by Crippen LogP contribution is 2.39. The Morgan fingerprint density at radius 1 is 1.35 bits per heavy atom. The predicted molar refractivity (Wildman–Crippen MR) is 146 cm³/mol. The SMILES string of the molecule is C=Cc1c(NC)sc2c1CCC(OC(=O)NCc1cc(C)on1)C2.CCOc1ccccc1CCC=O. The van der Waals surface area contributed by atoms with Crippen molar-refractivity contribution in [3.05, 3.63) is 69.9 Å². The van der Waals surface area contributed by atoms with Crippen molar-refractivity contribution in [2.75, 3.05) is 19.0 Å². The highest BCUT2D eigenvalue weighted by molar-refractivity contribution is 7.16. The Hall–Kier alpha value is -3.59. The van der Waals surface area contributed by atoms with E-state index in [-0.39, 0.29) is 6.10 Å². The van der Waals surface area contributed by atoms with Gasteiger partial charge in [0.1, 0.15) is 29.6 Å². The number of aldehydes is 1. The Bertz CT molecular complexity index is 1190. The van der Waals surface area contributed by atoms with E-state index in [2.05, 4.69) is 22.4 Å². The number of fused-ring (bicyclic) bond motifs is 1. The highest BCUT2D eigenvalue weighted by atomic mass is 32.1. The van der Waals surface area contributed by atoms with Crippen LogP contribution in [0.2, 0.25) is 0 Å². The van der Waals surface area contributed by atoms with Gasteiger partial charge in [0.25, 0.3) is 0 Å². The van der Waals surface area contributed by atoms with Gasteiger partial charge in [-0.05, 0) is 50.3 Å². The standard InChI is InChI=1S/C17H21N3O3S.C11H14O2/c1-4-13-14-6-5-12(8-15(14)24-16(13)18-3)22-17(21)19-9-11-7-10(2)23-20-11;1-2-13-11-8-4-3-6-10(11)7-5-9-12/h4,7,12,18H,1,5-6,8-9H2,2-3H3,(H,19,21);3-4,6,8-9H,2,5,7H2,1H3. The summed E-state index contributed by atoms with van der Waals surface area (Å²) in [5.74, 6) is 1.61. The van der Waals surface area contributed by atoms with Crippen LogP contribution in [-0.4, -0.2) is 37.3 Å². The van der Waals surface area contributed by atoms with Crippen LogP contribution in [0.1, 0.15) is 52.8 Å². The summed E-state index contributed by atoms with van der Waals surface area (Å²) in [7, 11) is 1.91. The van der Waals surface area contributed by atoms with Gasteiger partial charge in [-0.2, -0.15) is 0 Å². The quantitative estimate of drug-likeness (QED) is 0.326. The van der Waals surface area contributed by atoms with E-state index in [0.29, 0.717) is 25.3 Å². The van der Waals surface area contributed by atoms with E-state index in [1.165, 1.54) is 16.0 Å². The molecular formula is C28H35N3O5S. The number of hydrogen-bond acceptors (Lipinski definition) is 8. The molecule has 1 aliphatic carbocycles. The predicted octanol–water partition coefficient (Wildman–Crippen LogP) is 5.73. The maximum Gasteiger partial charge on any atom is 0.407 e. The van der Waals surface area contributed by atoms with E-state index in [1.54, 1.807) is 17.4 Å². The van der Waals surface area contributed by atoms with Gasteiger partial charge in [-0.25, -0.2) is 4.79 Å². The summed E-state index contributed by atoms with van der Waals surface area (Å²) in [4.78, 5) is 23.4. The summed E-state index contributed by atoms with van der Waals surface area (Å²) < 4.78 is 15.9. The third kappa shape index (κ3) is 7.95. The van der Waals surface area contributed by atoms with E-state index in [1.807, 2.05) is 51.2 Å². The third-order valence-electron chi connectivity index (χ3n) is 5.86. The zero-order valence-corrected chi connectivity index (χ0v) is 22.5. The normalized spacial score (nSPS) is 14.0. The van der Waals surface area contributed by atoms with Crippen molar-refractivity contribution in [3.8, 4) is 5.75 Å². The minimum Gasteiger partial charge on any atom is -0.494 e. The van der Waals surface area contributed by atoms with Gasteiger partial charge in [-0.15, -0.1) is 11.3 Å². The molecular weight excluding hydrogens is 490 g/mol. The second kappa shape index (κ2) is 14.2.